The number of amides is 1. The molecule has 0 radical (unpaired) electrons. The van der Waals surface area contributed by atoms with Crippen LogP contribution in [0.4, 0.5) is 10.1 Å². The Labute approximate surface area is 182 Å². The van der Waals surface area contributed by atoms with Crippen LogP contribution in [0.3, 0.4) is 0 Å². The van der Waals surface area contributed by atoms with Crippen molar-refractivity contribution >= 4 is 11.6 Å². The number of hydrogen-bond acceptors (Lipinski definition) is 3. The van der Waals surface area contributed by atoms with E-state index in [1.165, 1.54) is 24.6 Å². The average molecular weight is 419 g/mol. The third kappa shape index (κ3) is 3.60. The number of carbonyl (C=O) groups is 1. The van der Waals surface area contributed by atoms with Gasteiger partial charge in [0.2, 0.25) is 0 Å². The zero-order valence-corrected chi connectivity index (χ0v) is 17.9. The Morgan fingerprint density at radius 2 is 1.71 bits per heavy atom. The summed E-state index contributed by atoms with van der Waals surface area (Å²) in [4.78, 5) is 17.6. The third-order valence-corrected chi connectivity index (χ3v) is 6.41. The minimum absolute atomic E-state index is 0.107. The van der Waals surface area contributed by atoms with Gasteiger partial charge < -0.3 is 9.80 Å². The standard InChI is InChI=1S/C25H27FN4O/c1-28(17-18-9-2-4-12-21(18)29-15-6-7-16-29)25(31)24-19-10-8-14-22(19)30(27-24)23-13-5-3-11-20(23)26/h2-5,9,11-13H,6-8,10,14-17H2,1H3. The molecule has 0 unspecified atom stereocenters. The van der Waals surface area contributed by atoms with Crippen molar-refractivity contribution < 1.29 is 9.18 Å². The first-order valence-corrected chi connectivity index (χ1v) is 11.1. The molecule has 1 saturated heterocycles. The minimum atomic E-state index is -0.327. The van der Waals surface area contributed by atoms with Crippen molar-refractivity contribution in [2.45, 2.75) is 38.6 Å². The van der Waals surface area contributed by atoms with Gasteiger partial charge in [0.25, 0.3) is 5.91 Å². The summed E-state index contributed by atoms with van der Waals surface area (Å²) in [5, 5.41) is 4.60. The highest BCUT2D eigenvalue weighted by Crippen LogP contribution is 2.30. The molecule has 0 N–H and O–H groups in total. The van der Waals surface area contributed by atoms with E-state index in [1.807, 2.05) is 13.1 Å². The first-order valence-electron chi connectivity index (χ1n) is 11.1. The molecule has 31 heavy (non-hydrogen) atoms. The van der Waals surface area contributed by atoms with Crippen LogP contribution in [-0.2, 0) is 19.4 Å². The number of halogens is 1. The number of anilines is 1. The summed E-state index contributed by atoms with van der Waals surface area (Å²) in [5.74, 6) is -0.434. The van der Waals surface area contributed by atoms with Gasteiger partial charge in [-0.1, -0.05) is 30.3 Å². The van der Waals surface area contributed by atoms with Gasteiger partial charge in [0, 0.05) is 43.6 Å². The molecule has 1 aliphatic carbocycles. The highest BCUT2D eigenvalue weighted by molar-refractivity contribution is 5.94. The van der Waals surface area contributed by atoms with Crippen molar-refractivity contribution in [3.8, 4) is 5.69 Å². The average Bonchev–Trinajstić information content (AvgIpc) is 3.52. The maximum Gasteiger partial charge on any atom is 0.274 e. The van der Waals surface area contributed by atoms with Gasteiger partial charge >= 0.3 is 0 Å². The van der Waals surface area contributed by atoms with E-state index in [9.17, 15) is 9.18 Å². The highest BCUT2D eigenvalue weighted by Gasteiger charge is 2.29. The van der Waals surface area contributed by atoms with Crippen molar-refractivity contribution in [2.75, 3.05) is 25.0 Å². The number of rotatable bonds is 5. The molecular weight excluding hydrogens is 391 g/mol. The molecule has 1 aromatic heterocycles. The van der Waals surface area contributed by atoms with Gasteiger partial charge in [0.1, 0.15) is 11.5 Å². The second-order valence-electron chi connectivity index (χ2n) is 8.47. The summed E-state index contributed by atoms with van der Waals surface area (Å²) in [5.41, 5.74) is 5.14. The monoisotopic (exact) mass is 418 g/mol. The van der Waals surface area contributed by atoms with E-state index < -0.39 is 0 Å². The number of aromatic nitrogens is 2. The zero-order chi connectivity index (χ0) is 21.4. The van der Waals surface area contributed by atoms with E-state index in [2.05, 4.69) is 28.2 Å². The van der Waals surface area contributed by atoms with Gasteiger partial charge in [0.15, 0.2) is 5.69 Å². The second kappa shape index (κ2) is 8.17. The summed E-state index contributed by atoms with van der Waals surface area (Å²) in [6, 6.07) is 14.9. The van der Waals surface area contributed by atoms with Crippen molar-refractivity contribution in [1.29, 1.82) is 0 Å². The summed E-state index contributed by atoms with van der Waals surface area (Å²) in [6.45, 7) is 2.65. The minimum Gasteiger partial charge on any atom is -0.371 e. The topological polar surface area (TPSA) is 41.4 Å². The summed E-state index contributed by atoms with van der Waals surface area (Å²) < 4.78 is 16.1. The summed E-state index contributed by atoms with van der Waals surface area (Å²) >= 11 is 0. The van der Waals surface area contributed by atoms with Crippen LogP contribution in [0.25, 0.3) is 5.69 Å². The van der Waals surface area contributed by atoms with Gasteiger partial charge in [-0.15, -0.1) is 0 Å². The molecule has 0 saturated carbocycles. The largest absolute Gasteiger partial charge is 0.371 e. The lowest BCUT2D eigenvalue weighted by Crippen LogP contribution is -2.29. The first kappa shape index (κ1) is 19.8. The molecule has 5 nitrogen and oxygen atoms in total. The highest BCUT2D eigenvalue weighted by atomic mass is 19.1. The number of nitrogens with zero attached hydrogens (tertiary/aromatic N) is 4. The lowest BCUT2D eigenvalue weighted by atomic mass is 10.1. The number of fused-ring (bicyclic) bond motifs is 1. The molecule has 5 rings (SSSR count). The van der Waals surface area contributed by atoms with Crippen LogP contribution in [0.1, 0.15) is 46.6 Å². The number of para-hydroxylation sites is 2. The summed E-state index contributed by atoms with van der Waals surface area (Å²) in [6.07, 6.45) is 5.00. The smallest absolute Gasteiger partial charge is 0.274 e. The Balaban J connectivity index is 1.44. The molecule has 0 spiro atoms. The SMILES string of the molecule is CN(Cc1ccccc1N1CCCC1)C(=O)c1nn(-c2ccccc2F)c2c1CCC2. The molecule has 2 heterocycles. The van der Waals surface area contributed by atoms with Crippen LogP contribution in [0.2, 0.25) is 0 Å². The van der Waals surface area contributed by atoms with Crippen LogP contribution in [-0.4, -0.2) is 40.7 Å². The normalized spacial score (nSPS) is 15.4. The molecular formula is C25H27FN4O. The second-order valence-corrected chi connectivity index (χ2v) is 8.47. The number of benzene rings is 2. The maximum absolute atomic E-state index is 14.4. The van der Waals surface area contributed by atoms with E-state index >= 15 is 0 Å². The Morgan fingerprint density at radius 1 is 1.00 bits per heavy atom. The fourth-order valence-corrected chi connectivity index (χ4v) is 4.85. The Morgan fingerprint density at radius 3 is 2.48 bits per heavy atom. The van der Waals surface area contributed by atoms with Gasteiger partial charge in [-0.3, -0.25) is 4.79 Å². The molecule has 1 aliphatic heterocycles. The van der Waals surface area contributed by atoms with Crippen molar-refractivity contribution in [2.24, 2.45) is 0 Å². The Hall–Kier alpha value is -3.15. The summed E-state index contributed by atoms with van der Waals surface area (Å²) in [7, 11) is 1.83. The van der Waals surface area contributed by atoms with E-state index in [0.29, 0.717) is 17.9 Å². The van der Waals surface area contributed by atoms with Crippen LogP contribution in [0, 0.1) is 5.82 Å². The van der Waals surface area contributed by atoms with Gasteiger partial charge in [-0.05, 0) is 55.9 Å². The van der Waals surface area contributed by atoms with Crippen molar-refractivity contribution in [1.82, 2.24) is 14.7 Å². The quantitative estimate of drug-likeness (QED) is 0.618. The van der Waals surface area contributed by atoms with Gasteiger partial charge in [-0.25, -0.2) is 9.07 Å². The van der Waals surface area contributed by atoms with E-state index in [-0.39, 0.29) is 11.7 Å². The third-order valence-electron chi connectivity index (χ3n) is 6.41. The van der Waals surface area contributed by atoms with E-state index in [1.54, 1.807) is 27.8 Å². The molecule has 1 amide bonds. The Kier molecular flexibility index (Phi) is 5.22. The van der Waals surface area contributed by atoms with Gasteiger partial charge in [0.05, 0.1) is 0 Å². The molecule has 3 aromatic rings. The first-order chi connectivity index (χ1) is 15.1. The Bertz CT molecular complexity index is 1120. The van der Waals surface area contributed by atoms with E-state index in [0.717, 1.165) is 49.2 Å². The molecule has 2 aromatic carbocycles. The van der Waals surface area contributed by atoms with Crippen LogP contribution < -0.4 is 4.90 Å². The molecule has 2 aliphatic rings. The predicted octanol–water partition coefficient (Wildman–Crippen LogP) is 4.37. The lowest BCUT2D eigenvalue weighted by Gasteiger charge is -2.24. The molecule has 0 bridgehead atoms. The molecule has 160 valence electrons. The lowest BCUT2D eigenvalue weighted by molar-refractivity contribution is 0.0778. The fraction of sp³-hybridized carbons (Fsp3) is 0.360. The predicted molar refractivity (Wildman–Crippen MR) is 119 cm³/mol. The van der Waals surface area contributed by atoms with Crippen LogP contribution >= 0.6 is 0 Å². The zero-order valence-electron chi connectivity index (χ0n) is 17.9. The van der Waals surface area contributed by atoms with Crippen LogP contribution in [0.5, 0.6) is 0 Å². The van der Waals surface area contributed by atoms with E-state index in [4.69, 9.17) is 0 Å². The number of hydrogen-bond donors (Lipinski definition) is 0. The van der Waals surface area contributed by atoms with Gasteiger partial charge in [-0.2, -0.15) is 5.10 Å². The molecule has 1 fully saturated rings. The van der Waals surface area contributed by atoms with Crippen molar-refractivity contribution in [3.05, 3.63) is 76.9 Å². The molecule has 0 atom stereocenters. The number of carbonyl (C=O) groups excluding carboxylic acids is 1. The fourth-order valence-electron chi connectivity index (χ4n) is 4.85. The molecule has 6 heteroatoms. The van der Waals surface area contributed by atoms with Crippen LogP contribution in [0.15, 0.2) is 48.5 Å². The van der Waals surface area contributed by atoms with Crippen molar-refractivity contribution in [3.63, 3.8) is 0 Å². The maximum atomic E-state index is 14.4.